The molecule has 0 spiro atoms. The molecule has 0 saturated carbocycles. The highest BCUT2D eigenvalue weighted by Crippen LogP contribution is 2.23. The Hall–Kier alpha value is -1.10. The molecule has 0 aromatic rings. The smallest absolute Gasteiger partial charge is 0.240 e. The molecule has 2 rings (SSSR count). The van der Waals surface area contributed by atoms with Crippen LogP contribution in [0.5, 0.6) is 0 Å². The van der Waals surface area contributed by atoms with Crippen LogP contribution < -0.4 is 10.6 Å². The van der Waals surface area contributed by atoms with Gasteiger partial charge in [0.1, 0.15) is 0 Å². The average Bonchev–Trinajstić information content (AvgIpc) is 3.00. The average molecular weight is 267 g/mol. The Balaban J connectivity index is 1.85. The maximum atomic E-state index is 12.4. The van der Waals surface area contributed by atoms with Crippen LogP contribution in [0.4, 0.5) is 0 Å². The number of hydrogen-bond acceptors (Lipinski definition) is 3. The van der Waals surface area contributed by atoms with Crippen molar-refractivity contribution in [3.63, 3.8) is 0 Å². The van der Waals surface area contributed by atoms with Crippen molar-refractivity contribution in [2.45, 2.75) is 57.5 Å². The van der Waals surface area contributed by atoms with Gasteiger partial charge in [-0.05, 0) is 39.2 Å². The van der Waals surface area contributed by atoms with E-state index in [-0.39, 0.29) is 23.4 Å². The highest BCUT2D eigenvalue weighted by molar-refractivity contribution is 5.87. The molecule has 0 bridgehead atoms. The second-order valence-electron chi connectivity index (χ2n) is 5.78. The van der Waals surface area contributed by atoms with Gasteiger partial charge in [-0.15, -0.1) is 0 Å². The number of rotatable bonds is 5. The van der Waals surface area contributed by atoms with Crippen LogP contribution in [0.15, 0.2) is 0 Å². The molecule has 2 fully saturated rings. The third-order valence-electron chi connectivity index (χ3n) is 4.33. The first-order valence-electron chi connectivity index (χ1n) is 7.41. The van der Waals surface area contributed by atoms with Crippen molar-refractivity contribution >= 4 is 11.8 Å². The van der Waals surface area contributed by atoms with E-state index in [9.17, 15) is 9.59 Å². The summed E-state index contributed by atoms with van der Waals surface area (Å²) in [7, 11) is 0. The Morgan fingerprint density at radius 3 is 2.84 bits per heavy atom. The molecule has 2 amide bonds. The van der Waals surface area contributed by atoms with Gasteiger partial charge in [-0.3, -0.25) is 9.59 Å². The van der Waals surface area contributed by atoms with Crippen LogP contribution in [0.2, 0.25) is 0 Å². The van der Waals surface area contributed by atoms with Crippen molar-refractivity contribution in [2.24, 2.45) is 0 Å². The van der Waals surface area contributed by atoms with E-state index in [0.29, 0.717) is 13.0 Å². The Morgan fingerprint density at radius 2 is 2.32 bits per heavy atom. The lowest BCUT2D eigenvalue weighted by Crippen LogP contribution is -2.56. The summed E-state index contributed by atoms with van der Waals surface area (Å²) in [6, 6.07) is 0.0142. The SMILES string of the molecule is CCC1(C(=O)NC(C)CN2CCCC2=O)CCCN1. The summed E-state index contributed by atoms with van der Waals surface area (Å²) in [6.45, 7) is 6.40. The van der Waals surface area contributed by atoms with Crippen LogP contribution in [0.3, 0.4) is 0 Å². The second-order valence-corrected chi connectivity index (χ2v) is 5.78. The van der Waals surface area contributed by atoms with E-state index in [2.05, 4.69) is 10.6 Å². The predicted molar refractivity (Wildman–Crippen MR) is 73.7 cm³/mol. The van der Waals surface area contributed by atoms with Gasteiger partial charge < -0.3 is 15.5 Å². The van der Waals surface area contributed by atoms with E-state index in [1.54, 1.807) is 0 Å². The van der Waals surface area contributed by atoms with Crippen LogP contribution in [0.1, 0.15) is 46.0 Å². The zero-order chi connectivity index (χ0) is 13.9. The molecule has 2 aliphatic rings. The van der Waals surface area contributed by atoms with E-state index in [1.165, 1.54) is 0 Å². The van der Waals surface area contributed by atoms with Crippen molar-refractivity contribution in [1.82, 2.24) is 15.5 Å². The van der Waals surface area contributed by atoms with Gasteiger partial charge in [-0.2, -0.15) is 0 Å². The Labute approximate surface area is 115 Å². The molecule has 2 N–H and O–H groups in total. The lowest BCUT2D eigenvalue weighted by molar-refractivity contribution is -0.130. The lowest BCUT2D eigenvalue weighted by Gasteiger charge is -2.30. The molecule has 19 heavy (non-hydrogen) atoms. The van der Waals surface area contributed by atoms with Gasteiger partial charge in [0.15, 0.2) is 0 Å². The molecule has 2 unspecified atom stereocenters. The Kier molecular flexibility index (Phi) is 4.45. The number of carbonyl (C=O) groups excluding carboxylic acids is 2. The number of carbonyl (C=O) groups is 2. The third-order valence-corrected chi connectivity index (χ3v) is 4.33. The molecule has 0 aliphatic carbocycles. The maximum Gasteiger partial charge on any atom is 0.240 e. The van der Waals surface area contributed by atoms with Crippen LogP contribution in [-0.2, 0) is 9.59 Å². The molecule has 108 valence electrons. The number of hydrogen-bond donors (Lipinski definition) is 2. The minimum Gasteiger partial charge on any atom is -0.350 e. The van der Waals surface area contributed by atoms with E-state index < -0.39 is 0 Å². The molecule has 0 aromatic carbocycles. The molecule has 2 heterocycles. The summed E-state index contributed by atoms with van der Waals surface area (Å²) in [6.07, 6.45) is 4.38. The molecular formula is C14H25N3O2. The first-order valence-corrected chi connectivity index (χ1v) is 7.41. The highest BCUT2D eigenvalue weighted by atomic mass is 16.2. The summed E-state index contributed by atoms with van der Waals surface area (Å²) in [5.74, 6) is 0.303. The van der Waals surface area contributed by atoms with E-state index >= 15 is 0 Å². The maximum absolute atomic E-state index is 12.4. The van der Waals surface area contributed by atoms with Gasteiger partial charge in [0.05, 0.1) is 5.54 Å². The number of amides is 2. The molecule has 0 radical (unpaired) electrons. The van der Waals surface area contributed by atoms with Crippen molar-refractivity contribution in [3.8, 4) is 0 Å². The van der Waals surface area contributed by atoms with Crippen molar-refractivity contribution in [2.75, 3.05) is 19.6 Å². The predicted octanol–water partition coefficient (Wildman–Crippen LogP) is 0.646. The standard InChI is InChI=1S/C14H25N3O2/c1-3-14(7-5-8-15-14)13(19)16-11(2)10-17-9-4-6-12(17)18/h11,15H,3-10H2,1-2H3,(H,16,19). The van der Waals surface area contributed by atoms with Crippen molar-refractivity contribution in [3.05, 3.63) is 0 Å². The van der Waals surface area contributed by atoms with Gasteiger partial charge in [0.2, 0.25) is 11.8 Å². The van der Waals surface area contributed by atoms with Crippen LogP contribution in [0, 0.1) is 0 Å². The largest absolute Gasteiger partial charge is 0.350 e. The minimum absolute atomic E-state index is 0.0142. The normalized spacial score (nSPS) is 28.7. The summed E-state index contributed by atoms with van der Waals surface area (Å²) in [5.41, 5.74) is -0.386. The van der Waals surface area contributed by atoms with E-state index in [1.807, 2.05) is 18.7 Å². The highest BCUT2D eigenvalue weighted by Gasteiger charge is 2.39. The fourth-order valence-corrected chi connectivity index (χ4v) is 3.10. The third kappa shape index (κ3) is 3.08. The van der Waals surface area contributed by atoms with Gasteiger partial charge in [-0.1, -0.05) is 6.92 Å². The lowest BCUT2D eigenvalue weighted by atomic mass is 9.93. The molecule has 2 aliphatic heterocycles. The topological polar surface area (TPSA) is 61.4 Å². The first-order chi connectivity index (χ1) is 9.07. The summed E-state index contributed by atoms with van der Waals surface area (Å²) >= 11 is 0. The van der Waals surface area contributed by atoms with Gasteiger partial charge >= 0.3 is 0 Å². The second kappa shape index (κ2) is 5.90. The molecule has 2 atom stereocenters. The quantitative estimate of drug-likeness (QED) is 0.768. The van der Waals surface area contributed by atoms with Crippen molar-refractivity contribution < 1.29 is 9.59 Å². The van der Waals surface area contributed by atoms with E-state index in [0.717, 1.165) is 38.8 Å². The van der Waals surface area contributed by atoms with E-state index in [4.69, 9.17) is 0 Å². The Bertz CT molecular complexity index is 351. The number of likely N-dealkylation sites (tertiary alicyclic amines) is 1. The van der Waals surface area contributed by atoms with Gasteiger partial charge in [-0.25, -0.2) is 0 Å². The number of nitrogens with one attached hydrogen (secondary N) is 2. The summed E-state index contributed by atoms with van der Waals surface area (Å²) in [4.78, 5) is 25.8. The summed E-state index contributed by atoms with van der Waals surface area (Å²) < 4.78 is 0. The van der Waals surface area contributed by atoms with Gasteiger partial charge in [0.25, 0.3) is 0 Å². The summed E-state index contributed by atoms with van der Waals surface area (Å²) in [5, 5.41) is 6.40. The molecule has 2 saturated heterocycles. The fourth-order valence-electron chi connectivity index (χ4n) is 3.10. The zero-order valence-corrected chi connectivity index (χ0v) is 12.0. The first kappa shape index (κ1) is 14.3. The zero-order valence-electron chi connectivity index (χ0n) is 12.0. The molecular weight excluding hydrogens is 242 g/mol. The van der Waals surface area contributed by atoms with Crippen LogP contribution in [0.25, 0.3) is 0 Å². The van der Waals surface area contributed by atoms with Gasteiger partial charge in [0, 0.05) is 25.6 Å². The minimum atomic E-state index is -0.386. The molecule has 5 heteroatoms. The molecule has 5 nitrogen and oxygen atoms in total. The van der Waals surface area contributed by atoms with Crippen molar-refractivity contribution in [1.29, 1.82) is 0 Å². The molecule has 0 aromatic heterocycles. The monoisotopic (exact) mass is 267 g/mol. The number of nitrogens with zero attached hydrogens (tertiary/aromatic N) is 1. The Morgan fingerprint density at radius 1 is 1.53 bits per heavy atom. The fraction of sp³-hybridized carbons (Fsp3) is 0.857. The van der Waals surface area contributed by atoms with Crippen LogP contribution >= 0.6 is 0 Å². The van der Waals surface area contributed by atoms with Crippen LogP contribution in [-0.4, -0.2) is 47.9 Å².